The first-order valence-corrected chi connectivity index (χ1v) is 4.38. The highest BCUT2D eigenvalue weighted by molar-refractivity contribution is 5.68. The van der Waals surface area contributed by atoms with E-state index in [1.807, 2.05) is 0 Å². The molecule has 0 bridgehead atoms. The number of aldehydes is 1. The molecule has 14 heavy (non-hydrogen) atoms. The zero-order valence-corrected chi connectivity index (χ0v) is 9.49. The summed E-state index contributed by atoms with van der Waals surface area (Å²) in [4.78, 5) is 20.4. The van der Waals surface area contributed by atoms with Gasteiger partial charge in [0.05, 0.1) is 6.54 Å². The molecule has 0 aromatic rings. The van der Waals surface area contributed by atoms with Crippen LogP contribution in [0, 0.1) is 0 Å². The predicted octanol–water partition coefficient (Wildman–Crippen LogP) is 1.42. The zero-order valence-electron chi connectivity index (χ0n) is 9.49. The van der Waals surface area contributed by atoms with E-state index in [-0.39, 0.29) is 6.54 Å². The number of carboxylic acid groups (broad SMARTS) is 1. The molecule has 0 amide bonds. The lowest BCUT2D eigenvalue weighted by Gasteiger charge is -2.01. The Kier molecular flexibility index (Phi) is 23.6. The Morgan fingerprint density at radius 1 is 1.43 bits per heavy atom. The second-order valence-corrected chi connectivity index (χ2v) is 2.71. The molecule has 1 N–H and O–H groups in total. The van der Waals surface area contributed by atoms with Crippen molar-refractivity contribution in [2.24, 2.45) is 0 Å². The monoisotopic (exact) mass is 203 g/mol. The van der Waals surface area contributed by atoms with Gasteiger partial charge in [0.15, 0.2) is 0 Å². The topological polar surface area (TPSA) is 57.6 Å². The van der Waals surface area contributed by atoms with Gasteiger partial charge < -0.3 is 5.11 Å². The molecule has 0 spiro atoms. The van der Waals surface area contributed by atoms with Crippen LogP contribution in [0.5, 0.6) is 0 Å². The van der Waals surface area contributed by atoms with Gasteiger partial charge in [-0.2, -0.15) is 0 Å². The van der Waals surface area contributed by atoms with Crippen LogP contribution in [0.3, 0.4) is 0 Å². The summed E-state index contributed by atoms with van der Waals surface area (Å²) in [5.74, 6) is -0.787. The number of allylic oxidation sites excluding steroid dienone is 1. The van der Waals surface area contributed by atoms with E-state index in [1.54, 1.807) is 19.0 Å². The summed E-state index contributed by atoms with van der Waals surface area (Å²) >= 11 is 0. The van der Waals surface area contributed by atoms with Gasteiger partial charge in [-0.1, -0.05) is 26.8 Å². The number of carbonyl (C=O) groups excluding carboxylic acids is 1. The molecule has 0 aromatic heterocycles. The Morgan fingerprint density at radius 3 is 1.71 bits per heavy atom. The second kappa shape index (κ2) is 17.8. The highest BCUT2D eigenvalue weighted by Crippen LogP contribution is 1.69. The van der Waals surface area contributed by atoms with Gasteiger partial charge in [-0.25, -0.2) is 0 Å². The van der Waals surface area contributed by atoms with Crippen LogP contribution in [-0.2, 0) is 9.59 Å². The van der Waals surface area contributed by atoms with Gasteiger partial charge in [-0.3, -0.25) is 14.5 Å². The number of rotatable bonds is 3. The number of hydrogen-bond acceptors (Lipinski definition) is 3. The minimum atomic E-state index is -0.787. The number of nitrogens with zero attached hydrogens (tertiary/aromatic N) is 1. The first kappa shape index (κ1) is 18.6. The van der Waals surface area contributed by atoms with Crippen LogP contribution in [0.15, 0.2) is 12.7 Å². The molecule has 0 fully saturated rings. The third-order valence-electron chi connectivity index (χ3n) is 0.548. The Hall–Kier alpha value is -1.16. The van der Waals surface area contributed by atoms with E-state index in [9.17, 15) is 4.79 Å². The average Bonchev–Trinajstić information content (AvgIpc) is 2.04. The molecule has 0 aromatic carbocycles. The quantitative estimate of drug-likeness (QED) is 0.556. The fourth-order valence-corrected chi connectivity index (χ4v) is 0.271. The number of carboxylic acids is 1. The van der Waals surface area contributed by atoms with E-state index in [4.69, 9.17) is 9.90 Å². The lowest BCUT2D eigenvalue weighted by molar-refractivity contribution is -0.137. The van der Waals surface area contributed by atoms with Crippen LogP contribution in [-0.4, -0.2) is 42.9 Å². The summed E-state index contributed by atoms with van der Waals surface area (Å²) in [6.07, 6.45) is 3.08. The third kappa shape index (κ3) is 71.2. The second-order valence-electron chi connectivity index (χ2n) is 2.71. The normalized spacial score (nSPS) is 7.50. The van der Waals surface area contributed by atoms with Crippen molar-refractivity contribution in [3.8, 4) is 0 Å². The predicted molar refractivity (Wildman–Crippen MR) is 58.4 cm³/mol. The van der Waals surface area contributed by atoms with Crippen LogP contribution in [0.2, 0.25) is 0 Å². The maximum atomic E-state index is 9.77. The fraction of sp³-hybridized carbons (Fsp3) is 0.600. The van der Waals surface area contributed by atoms with Crippen molar-refractivity contribution in [3.05, 3.63) is 12.7 Å². The smallest absolute Gasteiger partial charge is 0.317 e. The number of likely N-dealkylation sites (N-methyl/N-ethyl adjacent to an activating group) is 1. The summed E-state index contributed by atoms with van der Waals surface area (Å²) in [5, 5.41) is 8.04. The van der Waals surface area contributed by atoms with Crippen LogP contribution in [0.4, 0.5) is 0 Å². The largest absolute Gasteiger partial charge is 0.480 e. The number of hydrogen-bond donors (Lipinski definition) is 1. The van der Waals surface area contributed by atoms with Gasteiger partial charge in [-0.05, 0) is 20.2 Å². The molecule has 4 heteroatoms. The summed E-state index contributed by atoms with van der Waals surface area (Å²) < 4.78 is 0. The van der Waals surface area contributed by atoms with Crippen LogP contribution in [0.1, 0.15) is 20.3 Å². The van der Waals surface area contributed by atoms with Crippen molar-refractivity contribution in [2.75, 3.05) is 20.6 Å². The van der Waals surface area contributed by atoms with Crippen molar-refractivity contribution in [2.45, 2.75) is 20.3 Å². The summed E-state index contributed by atoms with van der Waals surface area (Å²) in [5.41, 5.74) is 0. The van der Waals surface area contributed by atoms with E-state index in [2.05, 4.69) is 20.4 Å². The van der Waals surface area contributed by atoms with E-state index in [0.717, 1.165) is 0 Å². The molecule has 0 radical (unpaired) electrons. The molecule has 84 valence electrons. The van der Waals surface area contributed by atoms with Crippen molar-refractivity contribution in [1.82, 2.24) is 4.90 Å². The Labute approximate surface area is 86.2 Å². The highest BCUT2D eigenvalue weighted by atomic mass is 16.4. The van der Waals surface area contributed by atoms with Gasteiger partial charge in [0.1, 0.15) is 6.29 Å². The standard InChI is InChI=1S/C4H9NO2.C3H4O.C3H8/c1-5(2)3-4(6)7;1-2-3-4;1-3-2/h3H2,1-2H3,(H,6,7);2-3H,1H2;3H2,1-2H3. The molecule has 0 aliphatic rings. The van der Waals surface area contributed by atoms with Gasteiger partial charge in [0, 0.05) is 0 Å². The lowest BCUT2D eigenvalue weighted by atomic mass is 10.6. The van der Waals surface area contributed by atoms with Crippen molar-refractivity contribution < 1.29 is 14.7 Å². The summed E-state index contributed by atoms with van der Waals surface area (Å²) in [7, 11) is 3.43. The van der Waals surface area contributed by atoms with Gasteiger partial charge >= 0.3 is 5.97 Å². The maximum Gasteiger partial charge on any atom is 0.317 e. The highest BCUT2D eigenvalue weighted by Gasteiger charge is 1.94. The van der Waals surface area contributed by atoms with Crippen LogP contribution >= 0.6 is 0 Å². The van der Waals surface area contributed by atoms with Crippen molar-refractivity contribution >= 4 is 12.3 Å². The van der Waals surface area contributed by atoms with Crippen molar-refractivity contribution in [3.63, 3.8) is 0 Å². The van der Waals surface area contributed by atoms with E-state index in [0.29, 0.717) is 6.29 Å². The number of carbonyl (C=O) groups is 2. The van der Waals surface area contributed by atoms with E-state index in [1.165, 1.54) is 12.5 Å². The fourth-order valence-electron chi connectivity index (χ4n) is 0.271. The molecule has 0 aliphatic heterocycles. The Bertz CT molecular complexity index is 138. The van der Waals surface area contributed by atoms with Gasteiger partial charge in [0.25, 0.3) is 0 Å². The maximum absolute atomic E-state index is 9.77. The number of aliphatic carboxylic acids is 1. The molecule has 0 saturated carbocycles. The van der Waals surface area contributed by atoms with E-state index < -0.39 is 5.97 Å². The molecule has 0 heterocycles. The Balaban J connectivity index is -0.000000147. The molecule has 0 saturated heterocycles. The van der Waals surface area contributed by atoms with Gasteiger partial charge in [0.2, 0.25) is 0 Å². The first-order chi connectivity index (χ1) is 6.45. The van der Waals surface area contributed by atoms with Crippen molar-refractivity contribution in [1.29, 1.82) is 0 Å². The summed E-state index contributed by atoms with van der Waals surface area (Å²) in [6, 6.07) is 0. The SMILES string of the molecule is C=CC=O.CCC.CN(C)CC(=O)O. The van der Waals surface area contributed by atoms with Crippen LogP contribution in [0.25, 0.3) is 0 Å². The van der Waals surface area contributed by atoms with Gasteiger partial charge in [-0.15, -0.1) is 0 Å². The molecule has 0 aliphatic carbocycles. The molecular formula is C10H21NO3. The first-order valence-electron chi connectivity index (χ1n) is 4.38. The average molecular weight is 203 g/mol. The minimum Gasteiger partial charge on any atom is -0.480 e. The zero-order chi connectivity index (χ0) is 12.0. The molecule has 0 unspecified atom stereocenters. The van der Waals surface area contributed by atoms with E-state index >= 15 is 0 Å². The molecule has 0 atom stereocenters. The minimum absolute atomic E-state index is 0.111. The molecular weight excluding hydrogens is 182 g/mol. The molecule has 4 nitrogen and oxygen atoms in total. The summed E-state index contributed by atoms with van der Waals surface area (Å²) in [6.45, 7) is 7.47. The molecule has 0 rings (SSSR count). The lowest BCUT2D eigenvalue weighted by Crippen LogP contribution is -2.20. The third-order valence-corrected chi connectivity index (χ3v) is 0.548. The Morgan fingerprint density at radius 2 is 1.71 bits per heavy atom. The van der Waals surface area contributed by atoms with Crippen LogP contribution < -0.4 is 0 Å².